The van der Waals surface area contributed by atoms with Gasteiger partial charge in [0.15, 0.2) is 5.76 Å². The summed E-state index contributed by atoms with van der Waals surface area (Å²) in [7, 11) is 0. The van der Waals surface area contributed by atoms with Gasteiger partial charge in [0.05, 0.1) is 11.8 Å². The van der Waals surface area contributed by atoms with Gasteiger partial charge in [0.25, 0.3) is 0 Å². The summed E-state index contributed by atoms with van der Waals surface area (Å²) in [5.74, 6) is 0.310. The number of carbonyl (C=O) groups excluding carboxylic acids is 1. The molecule has 3 aromatic carbocycles. The van der Waals surface area contributed by atoms with Gasteiger partial charge in [-0.15, -0.1) is 0 Å². The molecule has 10 heteroatoms. The summed E-state index contributed by atoms with van der Waals surface area (Å²) >= 11 is 3.44. The van der Waals surface area contributed by atoms with E-state index in [4.69, 9.17) is 19.0 Å². The van der Waals surface area contributed by atoms with E-state index in [9.17, 15) is 9.59 Å². The van der Waals surface area contributed by atoms with Crippen molar-refractivity contribution in [3.05, 3.63) is 135 Å². The Morgan fingerprint density at radius 2 is 1.63 bits per heavy atom. The number of rotatable bonds is 11. The van der Waals surface area contributed by atoms with Crippen molar-refractivity contribution in [2.75, 3.05) is 0 Å². The number of benzene rings is 3. The normalized spacial score (nSPS) is 11.0. The van der Waals surface area contributed by atoms with Crippen LogP contribution in [0, 0.1) is 13.8 Å². The molecule has 1 amide bonds. The van der Waals surface area contributed by atoms with E-state index in [0.717, 1.165) is 27.1 Å². The van der Waals surface area contributed by atoms with Crippen LogP contribution in [0.4, 0.5) is 0 Å². The zero-order valence-corrected chi connectivity index (χ0v) is 25.0. The van der Waals surface area contributed by atoms with E-state index in [1.807, 2.05) is 30.3 Å². The lowest BCUT2D eigenvalue weighted by molar-refractivity contribution is 0.0696. The molecule has 5 aromatic rings. The number of carboxylic acid groups (broad SMARTS) is 1. The number of furan rings is 1. The highest BCUT2D eigenvalue weighted by molar-refractivity contribution is 9.10. The maximum atomic E-state index is 12.6. The highest BCUT2D eigenvalue weighted by atomic mass is 79.9. The summed E-state index contributed by atoms with van der Waals surface area (Å²) in [4.78, 5) is 23.7. The number of hydrogen-bond donors (Lipinski definition) is 2. The second-order valence-corrected chi connectivity index (χ2v) is 10.6. The quantitative estimate of drug-likeness (QED) is 0.118. The first-order chi connectivity index (χ1) is 20.8. The van der Waals surface area contributed by atoms with Crippen molar-refractivity contribution in [2.24, 2.45) is 5.10 Å². The number of nitrogens with zero attached hydrogens (tertiary/aromatic N) is 2. The average molecular weight is 643 g/mol. The minimum atomic E-state index is -0.986. The molecule has 0 saturated heterocycles. The van der Waals surface area contributed by atoms with Crippen LogP contribution < -0.4 is 14.9 Å². The van der Waals surface area contributed by atoms with E-state index in [-0.39, 0.29) is 24.5 Å². The number of aromatic carboxylic acids is 1. The van der Waals surface area contributed by atoms with Gasteiger partial charge in [-0.3, -0.25) is 4.79 Å². The van der Waals surface area contributed by atoms with Crippen molar-refractivity contribution in [1.82, 2.24) is 9.99 Å². The van der Waals surface area contributed by atoms with Gasteiger partial charge < -0.3 is 23.6 Å². The first-order valence-corrected chi connectivity index (χ1v) is 14.1. The molecular formula is C33H28BrN3O6. The van der Waals surface area contributed by atoms with Gasteiger partial charge in [-0.05, 0) is 98.3 Å². The highest BCUT2D eigenvalue weighted by Crippen LogP contribution is 2.24. The number of amides is 1. The first-order valence-electron chi connectivity index (χ1n) is 13.3. The highest BCUT2D eigenvalue weighted by Gasteiger charge is 2.12. The minimum Gasteiger partial charge on any atom is -0.488 e. The number of carbonyl (C=O) groups is 2. The molecule has 43 heavy (non-hydrogen) atoms. The molecule has 0 radical (unpaired) electrons. The molecule has 0 bridgehead atoms. The van der Waals surface area contributed by atoms with Crippen LogP contribution in [0.1, 0.15) is 49.2 Å². The van der Waals surface area contributed by atoms with Crippen molar-refractivity contribution in [3.63, 3.8) is 0 Å². The summed E-state index contributed by atoms with van der Waals surface area (Å²) in [6.07, 6.45) is 1.47. The van der Waals surface area contributed by atoms with Gasteiger partial charge in [0.2, 0.25) is 0 Å². The zero-order valence-electron chi connectivity index (χ0n) is 23.4. The van der Waals surface area contributed by atoms with E-state index >= 15 is 0 Å². The summed E-state index contributed by atoms with van der Waals surface area (Å²) in [6.45, 7) is 4.52. The Labute approximate surface area is 256 Å². The number of aryl methyl sites for hydroxylation is 2. The lowest BCUT2D eigenvalue weighted by Crippen LogP contribution is -2.16. The topological polar surface area (TPSA) is 115 Å². The Bertz CT molecular complexity index is 1750. The van der Waals surface area contributed by atoms with Crippen molar-refractivity contribution in [2.45, 2.75) is 27.1 Å². The lowest BCUT2D eigenvalue weighted by atomic mass is 10.1. The summed E-state index contributed by atoms with van der Waals surface area (Å²) in [5.41, 5.74) is 7.47. The van der Waals surface area contributed by atoms with E-state index in [1.54, 1.807) is 36.4 Å². The van der Waals surface area contributed by atoms with Gasteiger partial charge in [0, 0.05) is 27.1 Å². The summed E-state index contributed by atoms with van der Waals surface area (Å²) < 4.78 is 20.4. The van der Waals surface area contributed by atoms with Gasteiger partial charge in [-0.1, -0.05) is 28.1 Å². The maximum absolute atomic E-state index is 12.6. The van der Waals surface area contributed by atoms with Crippen molar-refractivity contribution >= 4 is 34.0 Å². The standard InChI is InChI=1S/C33H28BrN3O6/c1-21-3-4-22(2)37(21)27-10-12-28(13-11-27)41-20-29-14-16-31(43-29)32(38)36-35-18-25-17-26(34)9-15-30(25)42-19-23-5-7-24(8-6-23)33(39)40/h3-18H,19-20H2,1-2H3,(H,36,38)(H,39,40)/b35-18+. The SMILES string of the molecule is Cc1ccc(C)n1-c1ccc(OCc2ccc(C(=O)N/N=C/c3cc(Br)ccc3OCc3ccc(C(=O)O)cc3)o2)cc1. The van der Waals surface area contributed by atoms with Crippen LogP contribution in [0.15, 0.2) is 105 Å². The fourth-order valence-electron chi connectivity index (χ4n) is 4.37. The van der Waals surface area contributed by atoms with Crippen LogP contribution in [0.25, 0.3) is 5.69 Å². The molecule has 2 N–H and O–H groups in total. The van der Waals surface area contributed by atoms with Crippen LogP contribution in [0.2, 0.25) is 0 Å². The number of ether oxygens (including phenoxy) is 2. The molecule has 2 aromatic heterocycles. The Morgan fingerprint density at radius 1 is 0.907 bits per heavy atom. The van der Waals surface area contributed by atoms with E-state index in [1.165, 1.54) is 18.3 Å². The summed E-state index contributed by atoms with van der Waals surface area (Å²) in [6, 6.07) is 27.0. The van der Waals surface area contributed by atoms with Gasteiger partial charge >= 0.3 is 11.9 Å². The molecular weight excluding hydrogens is 614 g/mol. The Hall–Kier alpha value is -5.09. The molecule has 0 aliphatic rings. The minimum absolute atomic E-state index is 0.0974. The third kappa shape index (κ3) is 7.41. The molecule has 0 unspecified atom stereocenters. The number of halogens is 1. The average Bonchev–Trinajstić information content (AvgIpc) is 3.62. The van der Waals surface area contributed by atoms with Gasteiger partial charge in [-0.2, -0.15) is 5.10 Å². The Kier molecular flexibility index (Phi) is 9.07. The number of carboxylic acids is 1. The van der Waals surface area contributed by atoms with Crippen molar-refractivity contribution in [3.8, 4) is 17.2 Å². The fraction of sp³-hybridized carbons (Fsp3) is 0.121. The van der Waals surface area contributed by atoms with E-state index < -0.39 is 11.9 Å². The lowest BCUT2D eigenvalue weighted by Gasteiger charge is -2.10. The molecule has 0 atom stereocenters. The third-order valence-electron chi connectivity index (χ3n) is 6.57. The Balaban J connectivity index is 1.15. The molecule has 218 valence electrons. The molecule has 0 aliphatic carbocycles. The van der Waals surface area contributed by atoms with E-state index in [2.05, 4.69) is 57.0 Å². The molecule has 5 rings (SSSR count). The fourth-order valence-corrected chi connectivity index (χ4v) is 4.75. The number of nitrogens with one attached hydrogen (secondary N) is 1. The maximum Gasteiger partial charge on any atom is 0.335 e. The van der Waals surface area contributed by atoms with Crippen LogP contribution >= 0.6 is 15.9 Å². The predicted octanol–water partition coefficient (Wildman–Crippen LogP) is 7.07. The largest absolute Gasteiger partial charge is 0.488 e. The van der Waals surface area contributed by atoms with Crippen LogP contribution in [-0.4, -0.2) is 27.8 Å². The van der Waals surface area contributed by atoms with Crippen LogP contribution in [0.5, 0.6) is 11.5 Å². The van der Waals surface area contributed by atoms with Gasteiger partial charge in [0.1, 0.15) is 30.5 Å². The number of aromatic nitrogens is 1. The molecule has 2 heterocycles. The molecule has 0 aliphatic heterocycles. The zero-order chi connectivity index (χ0) is 30.3. The monoisotopic (exact) mass is 641 g/mol. The number of hydrogen-bond acceptors (Lipinski definition) is 6. The molecule has 0 spiro atoms. The second kappa shape index (κ2) is 13.3. The summed E-state index contributed by atoms with van der Waals surface area (Å²) in [5, 5.41) is 13.1. The second-order valence-electron chi connectivity index (χ2n) is 9.67. The molecule has 0 fully saturated rings. The van der Waals surface area contributed by atoms with Crippen molar-refractivity contribution in [1.29, 1.82) is 0 Å². The van der Waals surface area contributed by atoms with Crippen LogP contribution in [-0.2, 0) is 13.2 Å². The molecule has 0 saturated carbocycles. The predicted molar refractivity (Wildman–Crippen MR) is 165 cm³/mol. The van der Waals surface area contributed by atoms with Gasteiger partial charge in [-0.25, -0.2) is 10.2 Å². The van der Waals surface area contributed by atoms with Crippen LogP contribution in [0.3, 0.4) is 0 Å². The third-order valence-corrected chi connectivity index (χ3v) is 7.06. The van der Waals surface area contributed by atoms with Crippen molar-refractivity contribution < 1.29 is 28.6 Å². The smallest absolute Gasteiger partial charge is 0.335 e. The number of hydrazone groups is 1. The first kappa shape index (κ1) is 29.4. The van der Waals surface area contributed by atoms with E-state index in [0.29, 0.717) is 22.8 Å². The molecule has 9 nitrogen and oxygen atoms in total. The Morgan fingerprint density at radius 3 is 2.33 bits per heavy atom.